The summed E-state index contributed by atoms with van der Waals surface area (Å²) in [5.74, 6) is 0.0231. The Hall–Kier alpha value is -1.39. The lowest BCUT2D eigenvalue weighted by atomic mass is 10.1. The molecule has 0 radical (unpaired) electrons. The van der Waals surface area contributed by atoms with Crippen molar-refractivity contribution in [3.05, 3.63) is 29.8 Å². The highest BCUT2D eigenvalue weighted by molar-refractivity contribution is 5.97. The quantitative estimate of drug-likeness (QED) is 0.708. The first kappa shape index (κ1) is 12.1. The molecule has 0 unspecified atom stereocenters. The first-order chi connectivity index (χ1) is 8.20. The minimum Gasteiger partial charge on any atom is -0.396 e. The third kappa shape index (κ3) is 2.65. The molecule has 0 saturated heterocycles. The fourth-order valence-electron chi connectivity index (χ4n) is 1.82. The van der Waals surface area contributed by atoms with Gasteiger partial charge in [0, 0.05) is 18.8 Å². The Balaban J connectivity index is 1.97. The normalized spacial score (nSPS) is 16.6. The van der Waals surface area contributed by atoms with Crippen LogP contribution in [0.25, 0.3) is 0 Å². The number of rotatable bonds is 5. The van der Waals surface area contributed by atoms with Crippen molar-refractivity contribution in [2.24, 2.45) is 11.1 Å². The number of benzene rings is 1. The lowest BCUT2D eigenvalue weighted by Crippen LogP contribution is -2.30. The second-order valence-corrected chi connectivity index (χ2v) is 4.61. The van der Waals surface area contributed by atoms with Crippen LogP contribution in [0.5, 0.6) is 0 Å². The SMILES string of the molecule is NCC1(C(=O)Nc2ccc(CCO)cc2)CC1. The van der Waals surface area contributed by atoms with Crippen molar-refractivity contribution in [2.45, 2.75) is 19.3 Å². The van der Waals surface area contributed by atoms with Gasteiger partial charge < -0.3 is 16.2 Å². The van der Waals surface area contributed by atoms with Gasteiger partial charge in [0.15, 0.2) is 0 Å². The molecule has 1 fully saturated rings. The fraction of sp³-hybridized carbons (Fsp3) is 0.462. The highest BCUT2D eigenvalue weighted by Gasteiger charge is 2.48. The number of aliphatic hydroxyl groups excluding tert-OH is 1. The minimum atomic E-state index is -0.316. The average molecular weight is 234 g/mol. The lowest BCUT2D eigenvalue weighted by molar-refractivity contribution is -0.120. The summed E-state index contributed by atoms with van der Waals surface area (Å²) in [6, 6.07) is 7.53. The largest absolute Gasteiger partial charge is 0.396 e. The molecule has 0 aliphatic heterocycles. The van der Waals surface area contributed by atoms with E-state index in [9.17, 15) is 4.79 Å². The van der Waals surface area contributed by atoms with E-state index < -0.39 is 0 Å². The minimum absolute atomic E-state index is 0.0231. The highest BCUT2D eigenvalue weighted by Crippen LogP contribution is 2.45. The molecule has 1 aliphatic carbocycles. The van der Waals surface area contributed by atoms with E-state index in [1.807, 2.05) is 24.3 Å². The summed E-state index contributed by atoms with van der Waals surface area (Å²) in [4.78, 5) is 11.9. The predicted octanol–water partition coefficient (Wildman–Crippen LogP) is 0.899. The van der Waals surface area contributed by atoms with Gasteiger partial charge in [0.25, 0.3) is 0 Å². The van der Waals surface area contributed by atoms with Crippen molar-refractivity contribution in [3.8, 4) is 0 Å². The molecule has 1 amide bonds. The summed E-state index contributed by atoms with van der Waals surface area (Å²) in [6.45, 7) is 0.559. The zero-order valence-electron chi connectivity index (χ0n) is 9.78. The van der Waals surface area contributed by atoms with Crippen molar-refractivity contribution >= 4 is 11.6 Å². The van der Waals surface area contributed by atoms with E-state index in [2.05, 4.69) is 5.32 Å². The molecule has 1 saturated carbocycles. The Morgan fingerprint density at radius 1 is 1.35 bits per heavy atom. The topological polar surface area (TPSA) is 75.4 Å². The van der Waals surface area contributed by atoms with Crippen LogP contribution < -0.4 is 11.1 Å². The Morgan fingerprint density at radius 2 is 2.00 bits per heavy atom. The molecule has 1 aliphatic rings. The van der Waals surface area contributed by atoms with Gasteiger partial charge in [0.05, 0.1) is 5.41 Å². The summed E-state index contributed by atoms with van der Waals surface area (Å²) in [5, 5.41) is 11.7. The maximum absolute atomic E-state index is 11.9. The number of aliphatic hydroxyl groups is 1. The molecule has 4 heteroatoms. The molecule has 2 rings (SSSR count). The smallest absolute Gasteiger partial charge is 0.231 e. The molecular weight excluding hydrogens is 216 g/mol. The molecule has 0 bridgehead atoms. The predicted molar refractivity (Wildman–Crippen MR) is 66.6 cm³/mol. The number of anilines is 1. The Morgan fingerprint density at radius 3 is 2.47 bits per heavy atom. The maximum atomic E-state index is 11.9. The number of amides is 1. The van der Waals surface area contributed by atoms with Crippen LogP contribution in [0.2, 0.25) is 0 Å². The van der Waals surface area contributed by atoms with Crippen LogP contribution in [0, 0.1) is 5.41 Å². The van der Waals surface area contributed by atoms with Gasteiger partial charge in [-0.3, -0.25) is 4.79 Å². The van der Waals surface area contributed by atoms with Crippen LogP contribution in [0.4, 0.5) is 5.69 Å². The van der Waals surface area contributed by atoms with Gasteiger partial charge in [0.1, 0.15) is 0 Å². The average Bonchev–Trinajstić information content (AvgIpc) is 3.13. The summed E-state index contributed by atoms with van der Waals surface area (Å²) >= 11 is 0. The fourth-order valence-corrected chi connectivity index (χ4v) is 1.82. The Kier molecular flexibility index (Phi) is 3.45. The molecule has 4 N–H and O–H groups in total. The van der Waals surface area contributed by atoms with Gasteiger partial charge >= 0.3 is 0 Å². The second-order valence-electron chi connectivity index (χ2n) is 4.61. The number of nitrogens with one attached hydrogen (secondary N) is 1. The number of carbonyl (C=O) groups excluding carboxylic acids is 1. The molecule has 0 spiro atoms. The van der Waals surface area contributed by atoms with Crippen molar-refractivity contribution in [1.29, 1.82) is 0 Å². The third-order valence-electron chi connectivity index (χ3n) is 3.34. The van der Waals surface area contributed by atoms with Gasteiger partial charge in [-0.15, -0.1) is 0 Å². The summed E-state index contributed by atoms with van der Waals surface area (Å²) in [7, 11) is 0. The molecule has 92 valence electrons. The Labute approximate surface area is 101 Å². The molecule has 1 aromatic carbocycles. The van der Waals surface area contributed by atoms with E-state index in [0.717, 1.165) is 24.1 Å². The van der Waals surface area contributed by atoms with E-state index in [0.29, 0.717) is 13.0 Å². The molecule has 0 atom stereocenters. The zero-order valence-corrected chi connectivity index (χ0v) is 9.78. The van der Waals surface area contributed by atoms with Crippen LogP contribution in [0.1, 0.15) is 18.4 Å². The summed E-state index contributed by atoms with van der Waals surface area (Å²) < 4.78 is 0. The van der Waals surface area contributed by atoms with Crippen LogP contribution in [0.15, 0.2) is 24.3 Å². The third-order valence-corrected chi connectivity index (χ3v) is 3.34. The zero-order chi connectivity index (χ0) is 12.3. The number of nitrogens with two attached hydrogens (primary N) is 1. The summed E-state index contributed by atoms with van der Waals surface area (Å²) in [5.41, 5.74) is 7.13. The standard InChI is InChI=1S/C13H18N2O2/c14-9-13(6-7-13)12(17)15-11-3-1-10(2-4-11)5-8-16/h1-4,16H,5-9,14H2,(H,15,17). The molecule has 1 aromatic rings. The van der Waals surface area contributed by atoms with Crippen molar-refractivity contribution < 1.29 is 9.90 Å². The van der Waals surface area contributed by atoms with E-state index in [4.69, 9.17) is 10.8 Å². The number of hydrogen-bond acceptors (Lipinski definition) is 3. The molecule has 0 aromatic heterocycles. The van der Waals surface area contributed by atoms with Gasteiger partial charge in [-0.05, 0) is 37.0 Å². The van der Waals surface area contributed by atoms with E-state index in [-0.39, 0.29) is 17.9 Å². The van der Waals surface area contributed by atoms with Crippen LogP contribution in [0.3, 0.4) is 0 Å². The van der Waals surface area contributed by atoms with Crippen molar-refractivity contribution in [2.75, 3.05) is 18.5 Å². The Bertz CT molecular complexity index is 396. The van der Waals surface area contributed by atoms with Crippen molar-refractivity contribution in [3.63, 3.8) is 0 Å². The lowest BCUT2D eigenvalue weighted by Gasteiger charge is -2.12. The molecular formula is C13H18N2O2. The van der Waals surface area contributed by atoms with Crippen LogP contribution in [-0.2, 0) is 11.2 Å². The first-order valence-electron chi connectivity index (χ1n) is 5.91. The van der Waals surface area contributed by atoms with E-state index >= 15 is 0 Å². The summed E-state index contributed by atoms with van der Waals surface area (Å²) in [6.07, 6.45) is 2.41. The first-order valence-corrected chi connectivity index (χ1v) is 5.91. The van der Waals surface area contributed by atoms with E-state index in [1.54, 1.807) is 0 Å². The van der Waals surface area contributed by atoms with Gasteiger partial charge in [-0.25, -0.2) is 0 Å². The van der Waals surface area contributed by atoms with Crippen molar-refractivity contribution in [1.82, 2.24) is 0 Å². The maximum Gasteiger partial charge on any atom is 0.231 e. The van der Waals surface area contributed by atoms with Gasteiger partial charge in [-0.1, -0.05) is 12.1 Å². The number of hydrogen-bond donors (Lipinski definition) is 3. The molecule has 17 heavy (non-hydrogen) atoms. The number of carbonyl (C=O) groups is 1. The monoisotopic (exact) mass is 234 g/mol. The highest BCUT2D eigenvalue weighted by atomic mass is 16.2. The molecule has 0 heterocycles. The second kappa shape index (κ2) is 4.85. The van der Waals surface area contributed by atoms with Gasteiger partial charge in [-0.2, -0.15) is 0 Å². The van der Waals surface area contributed by atoms with Crippen LogP contribution in [-0.4, -0.2) is 24.2 Å². The van der Waals surface area contributed by atoms with Gasteiger partial charge in [0.2, 0.25) is 5.91 Å². The van der Waals surface area contributed by atoms with E-state index in [1.165, 1.54) is 0 Å². The van der Waals surface area contributed by atoms with Crippen LogP contribution >= 0.6 is 0 Å². The molecule has 4 nitrogen and oxygen atoms in total.